The van der Waals surface area contributed by atoms with Crippen molar-refractivity contribution in [3.63, 3.8) is 0 Å². The van der Waals surface area contributed by atoms with Gasteiger partial charge in [0.15, 0.2) is 23.1 Å². The molecule has 1 aromatic heterocycles. The van der Waals surface area contributed by atoms with Gasteiger partial charge in [-0.25, -0.2) is 8.78 Å². The molecule has 8 heteroatoms. The maximum atomic E-state index is 15.3. The Kier molecular flexibility index (Phi) is 4.47. The molecule has 2 unspecified atom stereocenters. The summed E-state index contributed by atoms with van der Waals surface area (Å²) >= 11 is 0. The number of rotatable bonds is 3. The smallest absolute Gasteiger partial charge is 0.277 e. The van der Waals surface area contributed by atoms with Crippen molar-refractivity contribution in [2.75, 3.05) is 18.2 Å². The molecular formula is C27H25F2N3O3. The number of aromatic hydroxyl groups is 1. The molecule has 0 bridgehead atoms. The van der Waals surface area contributed by atoms with Crippen LogP contribution in [0.2, 0.25) is 0 Å². The number of hydrogen-bond donors (Lipinski definition) is 1. The van der Waals surface area contributed by atoms with Gasteiger partial charge in [-0.15, -0.1) is 0 Å². The van der Waals surface area contributed by atoms with Crippen LogP contribution >= 0.6 is 0 Å². The Balaban J connectivity index is 1.76. The fraction of sp³-hybridized carbons (Fsp3) is 0.333. The van der Waals surface area contributed by atoms with Crippen molar-refractivity contribution in [2.24, 2.45) is 5.41 Å². The van der Waals surface area contributed by atoms with Crippen molar-refractivity contribution in [1.29, 1.82) is 0 Å². The Bertz CT molecular complexity index is 1470. The van der Waals surface area contributed by atoms with Gasteiger partial charge < -0.3 is 10.0 Å². The molecular weight excluding hydrogens is 452 g/mol. The zero-order chi connectivity index (χ0) is 24.7. The highest BCUT2D eigenvalue weighted by atomic mass is 19.2. The molecule has 0 fully saturated rings. The van der Waals surface area contributed by atoms with Crippen molar-refractivity contribution in [2.45, 2.75) is 38.6 Å². The highest BCUT2D eigenvalue weighted by molar-refractivity contribution is 5.96. The minimum atomic E-state index is -0.952. The van der Waals surface area contributed by atoms with E-state index in [2.05, 4.69) is 13.0 Å². The molecule has 1 N–H and O–H groups in total. The average molecular weight is 478 g/mol. The molecule has 3 aromatic rings. The summed E-state index contributed by atoms with van der Waals surface area (Å²) in [5, 5.41) is 12.7. The molecule has 2 heterocycles. The number of amides is 1. The van der Waals surface area contributed by atoms with Gasteiger partial charge in [-0.2, -0.15) is 0 Å². The van der Waals surface area contributed by atoms with Crippen LogP contribution in [0.5, 0.6) is 5.75 Å². The van der Waals surface area contributed by atoms with Crippen LogP contribution in [0.15, 0.2) is 53.5 Å². The molecule has 2 atom stereocenters. The lowest BCUT2D eigenvalue weighted by atomic mass is 9.68. The zero-order valence-electron chi connectivity index (χ0n) is 19.5. The van der Waals surface area contributed by atoms with Gasteiger partial charge >= 0.3 is 0 Å². The maximum absolute atomic E-state index is 15.3. The molecule has 0 saturated heterocycles. The number of halogens is 2. The number of pyridine rings is 1. The molecule has 3 aliphatic rings. The predicted molar refractivity (Wildman–Crippen MR) is 126 cm³/mol. The normalized spacial score (nSPS) is 24.3. The lowest BCUT2D eigenvalue weighted by Gasteiger charge is -2.54. The third-order valence-corrected chi connectivity index (χ3v) is 8.36. The van der Waals surface area contributed by atoms with Crippen molar-refractivity contribution < 1.29 is 18.7 Å². The first-order chi connectivity index (χ1) is 16.8. The van der Waals surface area contributed by atoms with E-state index in [4.69, 9.17) is 0 Å². The summed E-state index contributed by atoms with van der Waals surface area (Å²) in [5.74, 6) is -2.80. The van der Waals surface area contributed by atoms with Gasteiger partial charge in [0, 0.05) is 24.2 Å². The van der Waals surface area contributed by atoms with E-state index >= 15 is 4.39 Å². The molecule has 35 heavy (non-hydrogen) atoms. The van der Waals surface area contributed by atoms with Crippen LogP contribution in [0.3, 0.4) is 0 Å². The predicted octanol–water partition coefficient (Wildman–Crippen LogP) is 3.66. The molecule has 1 amide bonds. The molecule has 6 rings (SSSR count). The topological polar surface area (TPSA) is 65.8 Å². The Hall–Kier alpha value is -3.68. The Morgan fingerprint density at radius 2 is 1.77 bits per heavy atom. The van der Waals surface area contributed by atoms with Crippen LogP contribution in [0, 0.1) is 17.0 Å². The first kappa shape index (κ1) is 21.8. The molecule has 2 aromatic carbocycles. The van der Waals surface area contributed by atoms with E-state index in [1.54, 1.807) is 15.6 Å². The van der Waals surface area contributed by atoms with Gasteiger partial charge in [-0.05, 0) is 54.5 Å². The largest absolute Gasteiger partial charge is 0.502 e. The summed E-state index contributed by atoms with van der Waals surface area (Å²) in [5.41, 5.74) is 0.804. The minimum absolute atomic E-state index is 0.120. The van der Waals surface area contributed by atoms with Crippen molar-refractivity contribution >= 4 is 5.91 Å². The van der Waals surface area contributed by atoms with Crippen molar-refractivity contribution in [1.82, 2.24) is 9.58 Å². The lowest BCUT2D eigenvalue weighted by molar-refractivity contribution is 0.0598. The van der Waals surface area contributed by atoms with E-state index in [1.807, 2.05) is 30.1 Å². The van der Waals surface area contributed by atoms with Gasteiger partial charge in [-0.1, -0.05) is 37.3 Å². The number of carbonyl (C=O) groups is 1. The Morgan fingerprint density at radius 3 is 2.51 bits per heavy atom. The summed E-state index contributed by atoms with van der Waals surface area (Å²) in [6.07, 6.45) is 3.13. The third-order valence-electron chi connectivity index (χ3n) is 8.36. The summed E-state index contributed by atoms with van der Waals surface area (Å²) in [6.45, 7) is 4.38. The van der Waals surface area contributed by atoms with Crippen LogP contribution in [0.25, 0.3) is 0 Å². The van der Waals surface area contributed by atoms with Crippen LogP contribution in [0.4, 0.5) is 8.78 Å². The van der Waals surface area contributed by atoms with E-state index in [0.717, 1.165) is 11.1 Å². The van der Waals surface area contributed by atoms with E-state index < -0.39 is 39.7 Å². The van der Waals surface area contributed by atoms with Crippen molar-refractivity contribution in [3.05, 3.63) is 98.5 Å². The molecule has 2 aliphatic carbocycles. The Labute approximate surface area is 201 Å². The summed E-state index contributed by atoms with van der Waals surface area (Å²) in [6, 6.07) is 12.0. The number of carbonyl (C=O) groups excluding carboxylic acids is 1. The molecule has 0 spiro atoms. The number of fused-ring (bicyclic) bond motifs is 6. The second-order valence-electron chi connectivity index (χ2n) is 9.67. The van der Waals surface area contributed by atoms with E-state index in [1.165, 1.54) is 18.3 Å². The van der Waals surface area contributed by atoms with E-state index in [-0.39, 0.29) is 12.4 Å². The summed E-state index contributed by atoms with van der Waals surface area (Å²) in [7, 11) is 0. The molecule has 6 nitrogen and oxygen atoms in total. The lowest BCUT2D eigenvalue weighted by Crippen LogP contribution is -2.65. The number of aromatic nitrogens is 1. The SMILES string of the molecule is CCN1CN(C23c4ccccc4CC2(CC)Cc2c3ccc(F)c2F)n2ccc(=O)c(O)c2C1=O. The first-order valence-electron chi connectivity index (χ1n) is 11.9. The summed E-state index contributed by atoms with van der Waals surface area (Å²) in [4.78, 5) is 27.2. The molecule has 180 valence electrons. The van der Waals surface area contributed by atoms with Crippen LogP contribution in [-0.4, -0.2) is 33.8 Å². The van der Waals surface area contributed by atoms with E-state index in [9.17, 15) is 19.1 Å². The van der Waals surface area contributed by atoms with Gasteiger partial charge in [0.2, 0.25) is 5.43 Å². The number of benzene rings is 2. The average Bonchev–Trinajstić information content (AvgIpc) is 3.31. The van der Waals surface area contributed by atoms with Crippen molar-refractivity contribution in [3.8, 4) is 5.75 Å². The highest BCUT2D eigenvalue weighted by Crippen LogP contribution is 2.65. The Morgan fingerprint density at radius 1 is 1.00 bits per heavy atom. The number of nitrogens with zero attached hydrogens (tertiary/aromatic N) is 3. The van der Waals surface area contributed by atoms with Gasteiger partial charge in [0.1, 0.15) is 12.2 Å². The second-order valence-corrected chi connectivity index (χ2v) is 9.67. The first-order valence-corrected chi connectivity index (χ1v) is 11.9. The monoisotopic (exact) mass is 477 g/mol. The maximum Gasteiger partial charge on any atom is 0.277 e. The molecule has 0 radical (unpaired) electrons. The molecule has 1 aliphatic heterocycles. The van der Waals surface area contributed by atoms with Gasteiger partial charge in [0.05, 0.1) is 0 Å². The van der Waals surface area contributed by atoms with E-state index in [0.29, 0.717) is 36.9 Å². The third kappa shape index (κ3) is 2.47. The van der Waals surface area contributed by atoms with Crippen LogP contribution in [-0.2, 0) is 18.4 Å². The minimum Gasteiger partial charge on any atom is -0.502 e. The van der Waals surface area contributed by atoms with Crippen LogP contribution < -0.4 is 10.4 Å². The second kappa shape index (κ2) is 7.16. The standard InChI is InChI=1S/C27H25F2N3O3/c1-3-26-13-16-7-5-6-8-18(16)27(26,19-9-10-20(28)22(29)17(19)14-26)32-15-30(4-2)25(35)23-24(34)21(33)11-12-31(23)32/h5-12,34H,3-4,13-15H2,1-2H3. The van der Waals surface area contributed by atoms with Crippen LogP contribution in [0.1, 0.15) is 53.0 Å². The van der Waals surface area contributed by atoms with Gasteiger partial charge in [-0.3, -0.25) is 19.3 Å². The molecule has 0 saturated carbocycles. The number of hydrogen-bond acceptors (Lipinski definition) is 4. The summed E-state index contributed by atoms with van der Waals surface area (Å²) < 4.78 is 31.3. The zero-order valence-corrected chi connectivity index (χ0v) is 19.5. The quantitative estimate of drug-likeness (QED) is 0.626. The fourth-order valence-electron chi connectivity index (χ4n) is 6.80. The highest BCUT2D eigenvalue weighted by Gasteiger charge is 2.66. The van der Waals surface area contributed by atoms with Gasteiger partial charge in [0.25, 0.3) is 5.91 Å². The fourth-order valence-corrected chi connectivity index (χ4v) is 6.80.